The van der Waals surface area contributed by atoms with Crippen molar-refractivity contribution in [1.82, 2.24) is 5.32 Å². The summed E-state index contributed by atoms with van der Waals surface area (Å²) in [6.45, 7) is 9.06. The van der Waals surface area contributed by atoms with Crippen LogP contribution in [0.3, 0.4) is 0 Å². The van der Waals surface area contributed by atoms with E-state index in [1.807, 2.05) is 26.0 Å². The molecule has 5 nitrogen and oxygen atoms in total. The molecule has 2 N–H and O–H groups in total. The largest absolute Gasteiger partial charge is 0.444 e. The average molecular weight is 371 g/mol. The van der Waals surface area contributed by atoms with Gasteiger partial charge in [0.1, 0.15) is 11.6 Å². The van der Waals surface area contributed by atoms with Crippen LogP contribution < -0.4 is 10.6 Å². The van der Waals surface area contributed by atoms with Crippen molar-refractivity contribution in [3.8, 4) is 0 Å². The molecule has 0 radical (unpaired) electrons. The molecule has 0 aromatic heterocycles. The molecule has 0 aliphatic rings. The lowest BCUT2D eigenvalue weighted by Crippen LogP contribution is -2.48. The molecule has 0 fully saturated rings. The number of hydrogen-bond acceptors (Lipinski definition) is 3. The van der Waals surface area contributed by atoms with E-state index in [2.05, 4.69) is 26.6 Å². The van der Waals surface area contributed by atoms with Gasteiger partial charge in [-0.05, 0) is 51.0 Å². The number of benzene rings is 1. The summed E-state index contributed by atoms with van der Waals surface area (Å²) in [5.74, 6) is -0.342. The molecule has 1 aromatic rings. The first-order valence-electron chi connectivity index (χ1n) is 7.14. The van der Waals surface area contributed by atoms with Gasteiger partial charge in [0.15, 0.2) is 0 Å². The lowest BCUT2D eigenvalue weighted by Gasteiger charge is -2.25. The molecule has 22 heavy (non-hydrogen) atoms. The Bertz CT molecular complexity index is 521. The molecule has 0 aliphatic carbocycles. The molecule has 1 rings (SSSR count). The van der Waals surface area contributed by atoms with Gasteiger partial charge in [0.05, 0.1) is 0 Å². The van der Waals surface area contributed by atoms with E-state index >= 15 is 0 Å². The van der Waals surface area contributed by atoms with Crippen LogP contribution in [0.4, 0.5) is 10.5 Å². The highest BCUT2D eigenvalue weighted by Gasteiger charge is 2.26. The summed E-state index contributed by atoms with van der Waals surface area (Å²) in [7, 11) is 0. The van der Waals surface area contributed by atoms with Gasteiger partial charge in [0, 0.05) is 10.2 Å². The highest BCUT2D eigenvalue weighted by molar-refractivity contribution is 9.10. The fourth-order valence-electron chi connectivity index (χ4n) is 1.72. The smallest absolute Gasteiger partial charge is 0.408 e. The lowest BCUT2D eigenvalue weighted by atomic mass is 10.0. The number of amides is 2. The number of rotatable bonds is 4. The van der Waals surface area contributed by atoms with Gasteiger partial charge < -0.3 is 15.4 Å². The predicted octanol–water partition coefficient (Wildman–Crippen LogP) is 3.94. The van der Waals surface area contributed by atoms with Crippen molar-refractivity contribution in [2.24, 2.45) is 5.92 Å². The van der Waals surface area contributed by atoms with Crippen LogP contribution in [0.5, 0.6) is 0 Å². The van der Waals surface area contributed by atoms with E-state index in [4.69, 9.17) is 4.74 Å². The van der Waals surface area contributed by atoms with E-state index in [9.17, 15) is 9.59 Å². The molecular formula is C16H23BrN2O3. The van der Waals surface area contributed by atoms with E-state index < -0.39 is 17.7 Å². The predicted molar refractivity (Wildman–Crippen MR) is 90.8 cm³/mol. The zero-order valence-corrected chi connectivity index (χ0v) is 15.2. The van der Waals surface area contributed by atoms with Crippen LogP contribution in [0, 0.1) is 5.92 Å². The maximum Gasteiger partial charge on any atom is 0.408 e. The molecule has 0 bridgehead atoms. The first-order valence-corrected chi connectivity index (χ1v) is 7.94. The number of anilines is 1. The summed E-state index contributed by atoms with van der Waals surface area (Å²) < 4.78 is 6.13. The van der Waals surface area contributed by atoms with Gasteiger partial charge in [-0.1, -0.05) is 29.8 Å². The van der Waals surface area contributed by atoms with Gasteiger partial charge in [0.25, 0.3) is 0 Å². The summed E-state index contributed by atoms with van der Waals surface area (Å²) in [6.07, 6.45) is -0.600. The van der Waals surface area contributed by atoms with Crippen molar-refractivity contribution in [2.45, 2.75) is 46.3 Å². The zero-order chi connectivity index (χ0) is 16.9. The van der Waals surface area contributed by atoms with Crippen molar-refractivity contribution in [3.05, 3.63) is 28.7 Å². The maximum absolute atomic E-state index is 12.3. The maximum atomic E-state index is 12.3. The van der Waals surface area contributed by atoms with Crippen LogP contribution in [0.25, 0.3) is 0 Å². The lowest BCUT2D eigenvalue weighted by molar-refractivity contribution is -0.119. The van der Waals surface area contributed by atoms with Crippen molar-refractivity contribution in [3.63, 3.8) is 0 Å². The van der Waals surface area contributed by atoms with Crippen LogP contribution in [-0.2, 0) is 9.53 Å². The second-order valence-electron chi connectivity index (χ2n) is 6.36. The molecule has 0 spiro atoms. The van der Waals surface area contributed by atoms with Crippen LogP contribution in [0.1, 0.15) is 34.6 Å². The Morgan fingerprint density at radius 2 is 1.68 bits per heavy atom. The Hall–Kier alpha value is -1.56. The fourth-order valence-corrected chi connectivity index (χ4v) is 1.99. The summed E-state index contributed by atoms with van der Waals surface area (Å²) in [4.78, 5) is 24.2. The molecular weight excluding hydrogens is 348 g/mol. The third-order valence-corrected chi connectivity index (χ3v) is 3.26. The summed E-state index contributed by atoms with van der Waals surface area (Å²) in [5, 5.41) is 5.41. The van der Waals surface area contributed by atoms with E-state index in [-0.39, 0.29) is 11.8 Å². The molecule has 122 valence electrons. The summed E-state index contributed by atoms with van der Waals surface area (Å²) in [6, 6.07) is 6.57. The molecule has 2 amide bonds. The molecule has 0 saturated heterocycles. The number of carbonyl (C=O) groups excluding carboxylic acids is 2. The Morgan fingerprint density at radius 1 is 1.14 bits per heavy atom. The summed E-state index contributed by atoms with van der Waals surface area (Å²) in [5.41, 5.74) is 0.0678. The molecule has 0 unspecified atom stereocenters. The fraction of sp³-hybridized carbons (Fsp3) is 0.500. The van der Waals surface area contributed by atoms with E-state index in [1.165, 1.54) is 0 Å². The monoisotopic (exact) mass is 370 g/mol. The Kier molecular flexibility index (Phi) is 6.41. The van der Waals surface area contributed by atoms with Crippen molar-refractivity contribution >= 4 is 33.6 Å². The Labute approximate surface area is 139 Å². The number of halogens is 1. The number of alkyl carbamates (subject to hydrolysis) is 1. The van der Waals surface area contributed by atoms with Gasteiger partial charge in [0.2, 0.25) is 5.91 Å². The standard InChI is InChI=1S/C16H23BrN2O3/c1-10(2)13(19-15(21)22-16(3,4)5)14(20)18-12-8-6-11(17)7-9-12/h6-10,13H,1-5H3,(H,18,20)(H,19,21)/t13-/m0/s1. The minimum Gasteiger partial charge on any atom is -0.444 e. The number of carbonyl (C=O) groups is 2. The van der Waals surface area contributed by atoms with E-state index in [1.54, 1.807) is 32.9 Å². The van der Waals surface area contributed by atoms with Gasteiger partial charge in [-0.3, -0.25) is 4.79 Å². The van der Waals surface area contributed by atoms with Gasteiger partial charge in [-0.15, -0.1) is 0 Å². The van der Waals surface area contributed by atoms with Crippen LogP contribution in [0.15, 0.2) is 28.7 Å². The third kappa shape index (κ3) is 6.47. The third-order valence-electron chi connectivity index (χ3n) is 2.73. The second kappa shape index (κ2) is 7.63. The molecule has 0 heterocycles. The Morgan fingerprint density at radius 3 is 2.14 bits per heavy atom. The van der Waals surface area contributed by atoms with Gasteiger partial charge in [-0.25, -0.2) is 4.79 Å². The van der Waals surface area contributed by atoms with E-state index in [0.29, 0.717) is 5.69 Å². The van der Waals surface area contributed by atoms with Crippen molar-refractivity contribution < 1.29 is 14.3 Å². The van der Waals surface area contributed by atoms with Crippen LogP contribution >= 0.6 is 15.9 Å². The number of hydrogen-bond donors (Lipinski definition) is 2. The topological polar surface area (TPSA) is 67.4 Å². The normalized spacial score (nSPS) is 12.7. The first kappa shape index (κ1) is 18.5. The SMILES string of the molecule is CC(C)[C@H](NC(=O)OC(C)(C)C)C(=O)Nc1ccc(Br)cc1. The number of nitrogens with one attached hydrogen (secondary N) is 2. The molecule has 1 aromatic carbocycles. The molecule has 6 heteroatoms. The Balaban J connectivity index is 2.71. The second-order valence-corrected chi connectivity index (χ2v) is 7.28. The zero-order valence-electron chi connectivity index (χ0n) is 13.6. The van der Waals surface area contributed by atoms with E-state index in [0.717, 1.165) is 4.47 Å². The quantitative estimate of drug-likeness (QED) is 0.843. The molecule has 0 saturated carbocycles. The molecule has 1 atom stereocenters. The van der Waals surface area contributed by atoms with Crippen molar-refractivity contribution in [1.29, 1.82) is 0 Å². The molecule has 0 aliphatic heterocycles. The first-order chi connectivity index (χ1) is 10.1. The van der Waals surface area contributed by atoms with Gasteiger partial charge in [-0.2, -0.15) is 0 Å². The highest BCUT2D eigenvalue weighted by atomic mass is 79.9. The van der Waals surface area contributed by atoms with Crippen LogP contribution in [-0.4, -0.2) is 23.6 Å². The van der Waals surface area contributed by atoms with Crippen LogP contribution in [0.2, 0.25) is 0 Å². The summed E-state index contributed by atoms with van der Waals surface area (Å²) >= 11 is 3.34. The minimum absolute atomic E-state index is 0.0667. The minimum atomic E-state index is -0.668. The van der Waals surface area contributed by atoms with Gasteiger partial charge >= 0.3 is 6.09 Å². The number of ether oxygens (including phenoxy) is 1. The van der Waals surface area contributed by atoms with Crippen molar-refractivity contribution in [2.75, 3.05) is 5.32 Å². The average Bonchev–Trinajstić information content (AvgIpc) is 2.36. The highest BCUT2D eigenvalue weighted by Crippen LogP contribution is 2.15.